The number of hydrogen-bond acceptors (Lipinski definition) is 5. The average molecular weight is 266 g/mol. The Kier molecular flexibility index (Phi) is 4.19. The molecule has 0 atom stereocenters. The molecule has 1 aromatic heterocycles. The zero-order valence-electron chi connectivity index (χ0n) is 11.2. The van der Waals surface area contributed by atoms with Crippen LogP contribution in [0.15, 0.2) is 10.8 Å². The van der Waals surface area contributed by atoms with Crippen LogP contribution in [0.25, 0.3) is 0 Å². The van der Waals surface area contributed by atoms with Crippen LogP contribution < -0.4 is 0 Å². The van der Waals surface area contributed by atoms with Gasteiger partial charge in [-0.25, -0.2) is 9.78 Å². The van der Waals surface area contributed by atoms with E-state index < -0.39 is 5.97 Å². The van der Waals surface area contributed by atoms with Gasteiger partial charge in [-0.2, -0.15) is 0 Å². The normalized spacial score (nSPS) is 15.3. The first-order valence-electron chi connectivity index (χ1n) is 6.48. The van der Waals surface area contributed by atoms with Crippen LogP contribution in [0, 0.1) is 0 Å². The monoisotopic (exact) mass is 266 g/mol. The smallest absolute Gasteiger partial charge is 0.360 e. The van der Waals surface area contributed by atoms with Crippen molar-refractivity contribution in [3.05, 3.63) is 17.8 Å². The highest BCUT2D eigenvalue weighted by atomic mass is 16.5. The summed E-state index contributed by atoms with van der Waals surface area (Å²) in [6.45, 7) is 5.21. The molecule has 6 nitrogen and oxygen atoms in total. The van der Waals surface area contributed by atoms with Gasteiger partial charge in [0.2, 0.25) is 5.91 Å². The second-order valence-corrected chi connectivity index (χ2v) is 4.84. The first kappa shape index (κ1) is 13.6. The van der Waals surface area contributed by atoms with Crippen LogP contribution in [-0.4, -0.2) is 41.5 Å². The number of ether oxygens (including phenoxy) is 1. The number of carbonyl (C=O) groups is 2. The van der Waals surface area contributed by atoms with Gasteiger partial charge in [0.15, 0.2) is 12.1 Å². The quantitative estimate of drug-likeness (QED) is 0.756. The Balaban J connectivity index is 1.84. The molecule has 2 rings (SSSR count). The maximum absolute atomic E-state index is 11.8. The van der Waals surface area contributed by atoms with Crippen molar-refractivity contribution in [1.29, 1.82) is 0 Å². The first-order valence-corrected chi connectivity index (χ1v) is 6.48. The lowest BCUT2D eigenvalue weighted by molar-refractivity contribution is -0.128. The largest absolute Gasteiger partial charge is 0.459 e. The first-order chi connectivity index (χ1) is 9.09. The Hall–Kier alpha value is -1.85. The van der Waals surface area contributed by atoms with Crippen molar-refractivity contribution in [1.82, 2.24) is 9.88 Å². The van der Waals surface area contributed by atoms with Gasteiger partial charge in [0.25, 0.3) is 0 Å². The Bertz CT molecular complexity index is 467. The molecule has 1 aliphatic heterocycles. The van der Waals surface area contributed by atoms with Gasteiger partial charge in [-0.3, -0.25) is 4.79 Å². The third-order valence-corrected chi connectivity index (χ3v) is 3.08. The second-order valence-electron chi connectivity index (χ2n) is 4.84. The minimum absolute atomic E-state index is 0.0743. The Morgan fingerprint density at radius 2 is 2.37 bits per heavy atom. The van der Waals surface area contributed by atoms with Crippen molar-refractivity contribution in [3.8, 4) is 0 Å². The molecule has 0 spiro atoms. The fourth-order valence-electron chi connectivity index (χ4n) is 2.08. The summed E-state index contributed by atoms with van der Waals surface area (Å²) < 4.78 is 10.3. The predicted molar refractivity (Wildman–Crippen MR) is 66.7 cm³/mol. The number of hydrogen-bond donors (Lipinski definition) is 0. The predicted octanol–water partition coefficient (Wildman–Crippen LogP) is 1.58. The highest BCUT2D eigenvalue weighted by Crippen LogP contribution is 2.19. The molecule has 2 heterocycles. The van der Waals surface area contributed by atoms with E-state index in [1.807, 2.05) is 13.8 Å². The van der Waals surface area contributed by atoms with E-state index in [9.17, 15) is 9.59 Å². The summed E-state index contributed by atoms with van der Waals surface area (Å²) in [6, 6.07) is 0. The lowest BCUT2D eigenvalue weighted by Crippen LogP contribution is -2.29. The molecule has 0 unspecified atom stereocenters. The van der Waals surface area contributed by atoms with Crippen LogP contribution in [0.5, 0.6) is 0 Å². The van der Waals surface area contributed by atoms with Crippen LogP contribution in [0.4, 0.5) is 0 Å². The van der Waals surface area contributed by atoms with E-state index in [1.54, 1.807) is 4.90 Å². The summed E-state index contributed by atoms with van der Waals surface area (Å²) in [4.78, 5) is 28.8. The van der Waals surface area contributed by atoms with Gasteiger partial charge in [-0.1, -0.05) is 13.8 Å². The molecule has 1 saturated heterocycles. The third kappa shape index (κ3) is 3.13. The molecule has 1 aliphatic rings. The summed E-state index contributed by atoms with van der Waals surface area (Å²) in [5, 5.41) is 0. The molecule has 1 fully saturated rings. The number of aromatic nitrogens is 1. The highest BCUT2D eigenvalue weighted by Gasteiger charge is 2.22. The van der Waals surface area contributed by atoms with Crippen molar-refractivity contribution >= 4 is 11.9 Å². The number of esters is 1. The van der Waals surface area contributed by atoms with E-state index >= 15 is 0 Å². The van der Waals surface area contributed by atoms with Gasteiger partial charge in [0.1, 0.15) is 12.4 Å². The van der Waals surface area contributed by atoms with Crippen molar-refractivity contribution < 1.29 is 18.7 Å². The van der Waals surface area contributed by atoms with Gasteiger partial charge in [-0.15, -0.1) is 0 Å². The van der Waals surface area contributed by atoms with Crippen LogP contribution in [-0.2, 0) is 9.53 Å². The molecule has 0 aromatic carbocycles. The van der Waals surface area contributed by atoms with Crippen molar-refractivity contribution in [2.45, 2.75) is 32.6 Å². The molecule has 6 heteroatoms. The van der Waals surface area contributed by atoms with Crippen LogP contribution >= 0.6 is 0 Å². The molecule has 0 N–H and O–H groups in total. The topological polar surface area (TPSA) is 72.6 Å². The van der Waals surface area contributed by atoms with E-state index in [4.69, 9.17) is 9.15 Å². The van der Waals surface area contributed by atoms with Crippen LogP contribution in [0.1, 0.15) is 48.9 Å². The van der Waals surface area contributed by atoms with Gasteiger partial charge < -0.3 is 14.1 Å². The molecule has 104 valence electrons. The van der Waals surface area contributed by atoms with E-state index in [1.165, 1.54) is 6.39 Å². The number of nitrogens with zero attached hydrogens (tertiary/aromatic N) is 2. The average Bonchev–Trinajstić information content (AvgIpc) is 2.98. The number of amides is 1. The number of likely N-dealkylation sites (tertiary alicyclic amines) is 1. The summed E-state index contributed by atoms with van der Waals surface area (Å²) in [5.74, 6) is 0.233. The summed E-state index contributed by atoms with van der Waals surface area (Å²) >= 11 is 0. The Morgan fingerprint density at radius 3 is 3.00 bits per heavy atom. The van der Waals surface area contributed by atoms with E-state index in [2.05, 4.69) is 4.98 Å². The van der Waals surface area contributed by atoms with Gasteiger partial charge >= 0.3 is 5.97 Å². The lowest BCUT2D eigenvalue weighted by Gasteiger charge is -2.14. The molecular weight excluding hydrogens is 248 g/mol. The minimum Gasteiger partial charge on any atom is -0.459 e. The van der Waals surface area contributed by atoms with Gasteiger partial charge in [-0.05, 0) is 6.42 Å². The summed E-state index contributed by atoms with van der Waals surface area (Å²) in [5.41, 5.74) is 0.225. The second kappa shape index (κ2) is 5.86. The molecule has 1 amide bonds. The standard InChI is InChI=1S/C13H18N2O4/c1-9(2)12-11(14-8-19-12)13(17)18-7-6-15-5-3-4-10(15)16/h8-9H,3-7H2,1-2H3. The van der Waals surface area contributed by atoms with Gasteiger partial charge in [0.05, 0.1) is 6.54 Å². The summed E-state index contributed by atoms with van der Waals surface area (Å²) in [7, 11) is 0. The fraction of sp³-hybridized carbons (Fsp3) is 0.615. The van der Waals surface area contributed by atoms with Crippen molar-refractivity contribution in [3.63, 3.8) is 0 Å². The zero-order chi connectivity index (χ0) is 13.8. The summed E-state index contributed by atoms with van der Waals surface area (Å²) in [6.07, 6.45) is 2.72. The molecular formula is C13H18N2O4. The van der Waals surface area contributed by atoms with Gasteiger partial charge in [0, 0.05) is 18.9 Å². The Labute approximate surface area is 111 Å². The van der Waals surface area contributed by atoms with E-state index in [0.717, 1.165) is 13.0 Å². The fourth-order valence-corrected chi connectivity index (χ4v) is 2.08. The Morgan fingerprint density at radius 1 is 1.58 bits per heavy atom. The highest BCUT2D eigenvalue weighted by molar-refractivity contribution is 5.88. The molecule has 0 aliphatic carbocycles. The zero-order valence-corrected chi connectivity index (χ0v) is 11.2. The number of oxazole rings is 1. The lowest BCUT2D eigenvalue weighted by atomic mass is 10.1. The maximum atomic E-state index is 11.8. The van der Waals surface area contributed by atoms with E-state index in [0.29, 0.717) is 18.7 Å². The molecule has 0 radical (unpaired) electrons. The molecule has 1 aromatic rings. The minimum atomic E-state index is -0.496. The van der Waals surface area contributed by atoms with E-state index in [-0.39, 0.29) is 24.1 Å². The molecule has 19 heavy (non-hydrogen) atoms. The van der Waals surface area contributed by atoms with Crippen molar-refractivity contribution in [2.24, 2.45) is 0 Å². The SMILES string of the molecule is CC(C)c1ocnc1C(=O)OCCN1CCCC1=O. The third-order valence-electron chi connectivity index (χ3n) is 3.08. The van der Waals surface area contributed by atoms with Crippen LogP contribution in [0.3, 0.4) is 0 Å². The van der Waals surface area contributed by atoms with Crippen molar-refractivity contribution in [2.75, 3.05) is 19.7 Å². The molecule has 0 bridgehead atoms. The number of carbonyl (C=O) groups excluding carboxylic acids is 2. The number of rotatable bonds is 5. The van der Waals surface area contributed by atoms with Crippen LogP contribution in [0.2, 0.25) is 0 Å². The maximum Gasteiger partial charge on any atom is 0.360 e. The molecule has 0 saturated carbocycles.